The highest BCUT2D eigenvalue weighted by Crippen LogP contribution is 2.44. The number of hydrogen-bond acceptors (Lipinski definition) is 3. The molecule has 3 aliphatic heterocycles. The number of fused-ring (bicyclic) bond motifs is 2. The van der Waals surface area contributed by atoms with Crippen molar-refractivity contribution in [3.8, 4) is 40.2 Å². The number of rotatable bonds is 1. The summed E-state index contributed by atoms with van der Waals surface area (Å²) in [5.74, 6) is 6.21. The third kappa shape index (κ3) is 2.05. The summed E-state index contributed by atoms with van der Waals surface area (Å²) in [6.07, 6.45) is 0. The van der Waals surface area contributed by atoms with E-state index in [4.69, 9.17) is 14.2 Å². The summed E-state index contributed by atoms with van der Waals surface area (Å²) >= 11 is 0. The van der Waals surface area contributed by atoms with Gasteiger partial charge in [0.15, 0.2) is 11.3 Å². The van der Waals surface area contributed by atoms with Gasteiger partial charge in [-0.15, -0.1) is 0 Å². The maximum Gasteiger partial charge on any atom is 0.270 e. The van der Waals surface area contributed by atoms with E-state index < -0.39 is 0 Å². The van der Waals surface area contributed by atoms with Crippen LogP contribution in [0.1, 0.15) is 11.4 Å². The van der Waals surface area contributed by atoms with Crippen molar-refractivity contribution in [2.45, 2.75) is 13.8 Å². The van der Waals surface area contributed by atoms with Crippen molar-refractivity contribution in [1.29, 1.82) is 0 Å². The molecule has 0 amide bonds. The predicted molar refractivity (Wildman–Crippen MR) is 132 cm³/mol. The quantitative estimate of drug-likeness (QED) is 0.285. The predicted octanol–water partition coefficient (Wildman–Crippen LogP) is 3.91. The van der Waals surface area contributed by atoms with Crippen LogP contribution in [-0.4, -0.2) is 11.3 Å². The molecule has 8 rings (SSSR count). The highest BCUT2D eigenvalue weighted by Gasteiger charge is 2.48. The third-order valence-electron chi connectivity index (χ3n) is 7.56. The average Bonchev–Trinajstić information content (AvgIpc) is 3.09. The van der Waals surface area contributed by atoms with Crippen LogP contribution in [0.2, 0.25) is 0 Å². The van der Waals surface area contributed by atoms with Gasteiger partial charge in [-0.2, -0.15) is 4.57 Å². The highest BCUT2D eigenvalue weighted by molar-refractivity contribution is 6.99. The van der Waals surface area contributed by atoms with Crippen LogP contribution in [-0.2, 0) is 7.05 Å². The van der Waals surface area contributed by atoms with Gasteiger partial charge in [-0.05, 0) is 42.8 Å². The van der Waals surface area contributed by atoms with E-state index in [1.54, 1.807) is 0 Å². The molecule has 1 aromatic heterocycles. The number of para-hydroxylation sites is 1. The highest BCUT2D eigenvalue weighted by atomic mass is 16.5. The first-order chi connectivity index (χ1) is 16.6. The average molecular weight is 443 g/mol. The van der Waals surface area contributed by atoms with Crippen molar-refractivity contribution in [3.63, 3.8) is 0 Å². The summed E-state index contributed by atoms with van der Waals surface area (Å²) in [6, 6.07) is 22.8. The monoisotopic (exact) mass is 443 g/mol. The van der Waals surface area contributed by atoms with E-state index in [1.807, 2.05) is 36.4 Å². The third-order valence-corrected chi connectivity index (χ3v) is 7.56. The van der Waals surface area contributed by atoms with Gasteiger partial charge in [-0.1, -0.05) is 30.3 Å². The zero-order valence-electron chi connectivity index (χ0n) is 19.0. The lowest BCUT2D eigenvalue weighted by molar-refractivity contribution is -0.576. The minimum atomic E-state index is 0.00822. The fourth-order valence-corrected chi connectivity index (χ4v) is 5.91. The summed E-state index contributed by atoms with van der Waals surface area (Å²) in [6.45, 7) is 4.31. The molecule has 0 aliphatic carbocycles. The Morgan fingerprint density at radius 3 is 2.00 bits per heavy atom. The second-order valence-corrected chi connectivity index (χ2v) is 9.29. The summed E-state index contributed by atoms with van der Waals surface area (Å²) in [4.78, 5) is 0. The molecular formula is C28H20BN2O3+. The molecule has 0 atom stereocenters. The van der Waals surface area contributed by atoms with Gasteiger partial charge in [0.1, 0.15) is 34.4 Å². The number of imidazole rings is 1. The Labute approximate surface area is 196 Å². The van der Waals surface area contributed by atoms with E-state index in [2.05, 4.69) is 60.4 Å². The Morgan fingerprint density at radius 1 is 0.706 bits per heavy atom. The molecule has 0 spiro atoms. The van der Waals surface area contributed by atoms with E-state index >= 15 is 0 Å². The molecule has 4 aromatic carbocycles. The second-order valence-electron chi connectivity index (χ2n) is 9.29. The van der Waals surface area contributed by atoms with E-state index in [0.717, 1.165) is 73.4 Å². The first kappa shape index (κ1) is 18.3. The first-order valence-corrected chi connectivity index (χ1v) is 11.5. The topological polar surface area (TPSA) is 36.5 Å². The van der Waals surface area contributed by atoms with Crippen LogP contribution in [0, 0.1) is 13.8 Å². The standard InChI is InChI=1S/C28H20BN2O3/c1-15-8-4-5-9-17(15)31-16(2)30(3)18-14-23-26-28(27(18)31)34-22-13-7-11-20-25(22)29(26)24-19(32-20)10-6-12-21(24)33-23/h4-14H,1-3H3/q+1. The molecule has 34 heavy (non-hydrogen) atoms. The molecule has 3 aliphatic rings. The van der Waals surface area contributed by atoms with E-state index in [1.165, 1.54) is 5.56 Å². The van der Waals surface area contributed by atoms with Crippen LogP contribution in [0.5, 0.6) is 34.5 Å². The molecule has 0 bridgehead atoms. The molecule has 4 heterocycles. The molecule has 6 heteroatoms. The Bertz CT molecular complexity index is 1720. The normalized spacial score (nSPS) is 13.8. The first-order valence-electron chi connectivity index (χ1n) is 11.5. The van der Waals surface area contributed by atoms with E-state index in [9.17, 15) is 0 Å². The SMILES string of the molecule is Cc1ccccc1-[n+]1c(C)n(C)c2cc3c4c(c21)Oc1cccc2c1B4c1c(cccc1O3)O2. The molecular weight excluding hydrogens is 423 g/mol. The molecule has 0 radical (unpaired) electrons. The van der Waals surface area contributed by atoms with Crippen molar-refractivity contribution in [3.05, 3.63) is 78.1 Å². The zero-order chi connectivity index (χ0) is 22.7. The van der Waals surface area contributed by atoms with Crippen LogP contribution in [0.15, 0.2) is 66.7 Å². The summed E-state index contributed by atoms with van der Waals surface area (Å²) in [5.41, 5.74) is 7.71. The van der Waals surface area contributed by atoms with Crippen LogP contribution in [0.4, 0.5) is 0 Å². The van der Waals surface area contributed by atoms with Crippen LogP contribution in [0.25, 0.3) is 16.7 Å². The Hall–Kier alpha value is -4.19. The van der Waals surface area contributed by atoms with Crippen LogP contribution >= 0.6 is 0 Å². The lowest BCUT2D eigenvalue weighted by atomic mass is 9.34. The molecule has 162 valence electrons. The Balaban J connectivity index is 1.55. The molecule has 0 saturated heterocycles. The zero-order valence-corrected chi connectivity index (χ0v) is 19.0. The van der Waals surface area contributed by atoms with Crippen molar-refractivity contribution in [2.24, 2.45) is 7.05 Å². The second kappa shape index (κ2) is 6.03. The van der Waals surface area contributed by atoms with Gasteiger partial charge in [0, 0.05) is 29.4 Å². The van der Waals surface area contributed by atoms with Gasteiger partial charge in [0.2, 0.25) is 5.52 Å². The minimum absolute atomic E-state index is 0.00822. The molecule has 0 fully saturated rings. The van der Waals surface area contributed by atoms with Gasteiger partial charge >= 0.3 is 0 Å². The number of ether oxygens (including phenoxy) is 3. The molecule has 5 aromatic rings. The maximum atomic E-state index is 6.74. The Morgan fingerprint density at radius 2 is 1.32 bits per heavy atom. The van der Waals surface area contributed by atoms with Gasteiger partial charge in [0.25, 0.3) is 12.5 Å². The lowest BCUT2D eigenvalue weighted by Crippen LogP contribution is -2.60. The number of hydrogen-bond donors (Lipinski definition) is 0. The van der Waals surface area contributed by atoms with Gasteiger partial charge in [0.05, 0.1) is 7.05 Å². The fraction of sp³-hybridized carbons (Fsp3) is 0.107. The van der Waals surface area contributed by atoms with E-state index in [-0.39, 0.29) is 6.71 Å². The number of benzene rings is 4. The van der Waals surface area contributed by atoms with E-state index in [0.29, 0.717) is 0 Å². The molecule has 0 unspecified atom stereocenters. The number of aromatic nitrogens is 2. The summed E-state index contributed by atoms with van der Waals surface area (Å²) < 4.78 is 24.1. The van der Waals surface area contributed by atoms with Crippen molar-refractivity contribution >= 4 is 34.1 Å². The minimum Gasteiger partial charge on any atom is -0.458 e. The van der Waals surface area contributed by atoms with Gasteiger partial charge in [-0.3, -0.25) is 0 Å². The maximum absolute atomic E-state index is 6.74. The van der Waals surface area contributed by atoms with Crippen LogP contribution in [0.3, 0.4) is 0 Å². The lowest BCUT2D eigenvalue weighted by Gasteiger charge is -2.37. The largest absolute Gasteiger partial charge is 0.458 e. The molecule has 5 nitrogen and oxygen atoms in total. The van der Waals surface area contributed by atoms with Gasteiger partial charge < -0.3 is 14.2 Å². The van der Waals surface area contributed by atoms with Crippen molar-refractivity contribution in [1.82, 2.24) is 4.57 Å². The number of nitrogens with zero attached hydrogens (tertiary/aromatic N) is 2. The van der Waals surface area contributed by atoms with Crippen molar-refractivity contribution in [2.75, 3.05) is 0 Å². The summed E-state index contributed by atoms with van der Waals surface area (Å²) in [5, 5.41) is 0. The smallest absolute Gasteiger partial charge is 0.270 e. The molecule has 0 N–H and O–H groups in total. The number of aryl methyl sites for hydroxylation is 2. The van der Waals surface area contributed by atoms with Crippen LogP contribution < -0.4 is 35.2 Å². The Kier molecular flexibility index (Phi) is 3.24. The molecule has 0 saturated carbocycles. The van der Waals surface area contributed by atoms with Crippen molar-refractivity contribution < 1.29 is 18.8 Å². The summed E-state index contributed by atoms with van der Waals surface area (Å²) in [7, 11) is 2.10. The fourth-order valence-electron chi connectivity index (χ4n) is 5.91. The van der Waals surface area contributed by atoms with Gasteiger partial charge in [-0.25, -0.2) is 4.57 Å².